The van der Waals surface area contributed by atoms with Crippen molar-refractivity contribution in [2.24, 2.45) is 0 Å². The van der Waals surface area contributed by atoms with Gasteiger partial charge in [0.05, 0.1) is 20.8 Å². The Balaban J connectivity index is 0.00000261. The summed E-state index contributed by atoms with van der Waals surface area (Å²) in [5, 5.41) is 1.18. The Kier molecular flexibility index (Phi) is 8.05. The highest BCUT2D eigenvalue weighted by molar-refractivity contribution is 7.22. The predicted octanol–water partition coefficient (Wildman–Crippen LogP) is 5.36. The number of rotatable bonds is 7. The van der Waals surface area contributed by atoms with Crippen LogP contribution in [-0.4, -0.2) is 42.0 Å². The molecule has 1 heterocycles. The summed E-state index contributed by atoms with van der Waals surface area (Å²) in [7, 11) is 0. The SMILES string of the molecule is CCN(CC)CCN(C(=O)c1ccccc1Cl)c1nc2ccccc2s1.Cl. The molecular weight excluding hydrogens is 401 g/mol. The predicted molar refractivity (Wildman–Crippen MR) is 118 cm³/mol. The lowest BCUT2D eigenvalue weighted by molar-refractivity contribution is 0.0984. The molecule has 0 spiro atoms. The fraction of sp³-hybridized carbons (Fsp3) is 0.300. The molecule has 3 rings (SSSR count). The first-order valence-corrected chi connectivity index (χ1v) is 9.97. The van der Waals surface area contributed by atoms with E-state index in [0.29, 0.717) is 22.3 Å². The van der Waals surface area contributed by atoms with E-state index in [1.807, 2.05) is 36.4 Å². The summed E-state index contributed by atoms with van der Waals surface area (Å²) in [4.78, 5) is 21.9. The number of anilines is 1. The molecular formula is C20H23Cl2N3OS. The number of aromatic nitrogens is 1. The number of carbonyl (C=O) groups excluding carboxylic acids is 1. The van der Waals surface area contributed by atoms with Gasteiger partial charge in [-0.1, -0.05) is 61.1 Å². The van der Waals surface area contributed by atoms with Crippen LogP contribution in [0.25, 0.3) is 10.2 Å². The first-order valence-electron chi connectivity index (χ1n) is 8.78. The van der Waals surface area contributed by atoms with Crippen molar-refractivity contribution in [3.05, 3.63) is 59.1 Å². The van der Waals surface area contributed by atoms with Crippen LogP contribution in [0.1, 0.15) is 24.2 Å². The lowest BCUT2D eigenvalue weighted by Crippen LogP contribution is -2.39. The summed E-state index contributed by atoms with van der Waals surface area (Å²) in [5.41, 5.74) is 1.42. The van der Waals surface area contributed by atoms with Gasteiger partial charge in [-0.15, -0.1) is 12.4 Å². The molecule has 0 atom stereocenters. The molecule has 0 fully saturated rings. The van der Waals surface area contributed by atoms with E-state index in [0.717, 1.165) is 29.9 Å². The molecule has 1 amide bonds. The number of amides is 1. The third kappa shape index (κ3) is 4.99. The van der Waals surface area contributed by atoms with E-state index in [9.17, 15) is 4.79 Å². The number of fused-ring (bicyclic) bond motifs is 1. The number of likely N-dealkylation sites (N-methyl/N-ethyl adjacent to an activating group) is 1. The maximum Gasteiger partial charge on any atom is 0.261 e. The zero-order chi connectivity index (χ0) is 18.5. The minimum Gasteiger partial charge on any atom is -0.302 e. The lowest BCUT2D eigenvalue weighted by Gasteiger charge is -2.25. The molecule has 0 saturated heterocycles. The number of hydrogen-bond acceptors (Lipinski definition) is 4. The second-order valence-electron chi connectivity index (χ2n) is 5.93. The van der Waals surface area contributed by atoms with Crippen molar-refractivity contribution in [1.82, 2.24) is 9.88 Å². The smallest absolute Gasteiger partial charge is 0.261 e. The topological polar surface area (TPSA) is 36.4 Å². The second-order valence-corrected chi connectivity index (χ2v) is 7.34. The van der Waals surface area contributed by atoms with Crippen molar-refractivity contribution in [3.8, 4) is 0 Å². The van der Waals surface area contributed by atoms with Crippen LogP contribution in [0, 0.1) is 0 Å². The lowest BCUT2D eigenvalue weighted by atomic mass is 10.2. The zero-order valence-electron chi connectivity index (χ0n) is 15.4. The van der Waals surface area contributed by atoms with Crippen LogP contribution in [0.15, 0.2) is 48.5 Å². The fourth-order valence-electron chi connectivity index (χ4n) is 2.82. The van der Waals surface area contributed by atoms with Crippen molar-refractivity contribution >= 4 is 56.6 Å². The van der Waals surface area contributed by atoms with Gasteiger partial charge < -0.3 is 4.90 Å². The van der Waals surface area contributed by atoms with Gasteiger partial charge in [-0.3, -0.25) is 9.69 Å². The van der Waals surface area contributed by atoms with E-state index in [4.69, 9.17) is 11.6 Å². The third-order valence-corrected chi connectivity index (χ3v) is 5.79. The summed E-state index contributed by atoms with van der Waals surface area (Å²) < 4.78 is 1.07. The van der Waals surface area contributed by atoms with Crippen LogP contribution in [0.3, 0.4) is 0 Å². The first kappa shape index (κ1) is 21.6. The largest absolute Gasteiger partial charge is 0.302 e. The molecule has 0 bridgehead atoms. The maximum atomic E-state index is 13.2. The summed E-state index contributed by atoms with van der Waals surface area (Å²) >= 11 is 7.81. The Bertz CT molecular complexity index is 863. The normalized spacial score (nSPS) is 10.8. The molecule has 27 heavy (non-hydrogen) atoms. The Morgan fingerprint density at radius 1 is 1.04 bits per heavy atom. The monoisotopic (exact) mass is 423 g/mol. The highest BCUT2D eigenvalue weighted by Crippen LogP contribution is 2.30. The van der Waals surface area contributed by atoms with Crippen LogP contribution >= 0.6 is 35.3 Å². The van der Waals surface area contributed by atoms with Gasteiger partial charge in [0.25, 0.3) is 5.91 Å². The summed E-state index contributed by atoms with van der Waals surface area (Å²) in [6.07, 6.45) is 0. The number of benzene rings is 2. The highest BCUT2D eigenvalue weighted by Gasteiger charge is 2.23. The Labute approximate surface area is 175 Å². The van der Waals surface area contributed by atoms with Crippen molar-refractivity contribution in [1.29, 1.82) is 0 Å². The first-order chi connectivity index (χ1) is 12.6. The molecule has 1 aromatic heterocycles. The van der Waals surface area contributed by atoms with Gasteiger partial charge in [0.15, 0.2) is 5.13 Å². The van der Waals surface area contributed by atoms with Gasteiger partial charge in [0, 0.05) is 13.1 Å². The summed E-state index contributed by atoms with van der Waals surface area (Å²) in [6, 6.07) is 15.1. The summed E-state index contributed by atoms with van der Waals surface area (Å²) in [5.74, 6) is -0.109. The average molecular weight is 424 g/mol. The van der Waals surface area contributed by atoms with E-state index in [2.05, 4.69) is 23.7 Å². The highest BCUT2D eigenvalue weighted by atomic mass is 35.5. The molecule has 7 heteroatoms. The maximum absolute atomic E-state index is 13.2. The van der Waals surface area contributed by atoms with Gasteiger partial charge in [-0.2, -0.15) is 0 Å². The molecule has 144 valence electrons. The van der Waals surface area contributed by atoms with E-state index in [1.165, 1.54) is 11.3 Å². The van der Waals surface area contributed by atoms with Crippen molar-refractivity contribution < 1.29 is 4.79 Å². The van der Waals surface area contributed by atoms with Gasteiger partial charge >= 0.3 is 0 Å². The van der Waals surface area contributed by atoms with E-state index in [1.54, 1.807) is 17.0 Å². The standard InChI is InChI=1S/C20H22ClN3OS.ClH/c1-3-23(4-2)13-14-24(19(25)15-9-5-6-10-16(15)21)20-22-17-11-7-8-12-18(17)26-20;/h5-12H,3-4,13-14H2,1-2H3;1H. The molecule has 2 aromatic carbocycles. The molecule has 0 N–H and O–H groups in total. The molecule has 0 aliphatic heterocycles. The molecule has 4 nitrogen and oxygen atoms in total. The quantitative estimate of drug-likeness (QED) is 0.512. The second kappa shape index (κ2) is 10.0. The Morgan fingerprint density at radius 2 is 1.70 bits per heavy atom. The summed E-state index contributed by atoms with van der Waals surface area (Å²) in [6.45, 7) is 7.52. The minimum atomic E-state index is -0.109. The minimum absolute atomic E-state index is 0. The Hall–Kier alpha value is -1.66. The van der Waals surface area contributed by atoms with Crippen LogP contribution in [-0.2, 0) is 0 Å². The van der Waals surface area contributed by atoms with Gasteiger partial charge in [-0.05, 0) is 37.4 Å². The van der Waals surface area contributed by atoms with Crippen LogP contribution in [0.5, 0.6) is 0 Å². The molecule has 0 radical (unpaired) electrons. The number of carbonyl (C=O) groups is 1. The van der Waals surface area contributed by atoms with Crippen molar-refractivity contribution in [2.75, 3.05) is 31.1 Å². The molecule has 0 aliphatic rings. The zero-order valence-corrected chi connectivity index (χ0v) is 17.8. The number of para-hydroxylation sites is 1. The third-order valence-electron chi connectivity index (χ3n) is 4.40. The number of hydrogen-bond donors (Lipinski definition) is 0. The van der Waals surface area contributed by atoms with Gasteiger partial charge in [0.2, 0.25) is 0 Å². The van der Waals surface area contributed by atoms with E-state index >= 15 is 0 Å². The van der Waals surface area contributed by atoms with Crippen molar-refractivity contribution in [3.63, 3.8) is 0 Å². The van der Waals surface area contributed by atoms with Crippen LogP contribution in [0.2, 0.25) is 5.02 Å². The number of nitrogens with zero attached hydrogens (tertiary/aromatic N) is 3. The molecule has 3 aromatic rings. The van der Waals surface area contributed by atoms with E-state index in [-0.39, 0.29) is 18.3 Å². The Morgan fingerprint density at radius 3 is 2.37 bits per heavy atom. The van der Waals surface area contributed by atoms with E-state index < -0.39 is 0 Å². The van der Waals surface area contributed by atoms with Crippen molar-refractivity contribution in [2.45, 2.75) is 13.8 Å². The molecule has 0 saturated carbocycles. The number of halogens is 2. The number of thiazole rings is 1. The van der Waals surface area contributed by atoms with Gasteiger partial charge in [-0.25, -0.2) is 4.98 Å². The van der Waals surface area contributed by atoms with Crippen LogP contribution < -0.4 is 4.90 Å². The fourth-order valence-corrected chi connectivity index (χ4v) is 4.03. The average Bonchev–Trinajstić information content (AvgIpc) is 3.09. The van der Waals surface area contributed by atoms with Crippen LogP contribution in [0.4, 0.5) is 5.13 Å². The molecule has 0 unspecified atom stereocenters. The molecule has 0 aliphatic carbocycles. The van der Waals surface area contributed by atoms with Gasteiger partial charge in [0.1, 0.15) is 0 Å².